The van der Waals surface area contributed by atoms with Crippen molar-refractivity contribution >= 4 is 11.9 Å². The number of halogens is 13. The predicted octanol–water partition coefficient (Wildman–Crippen LogP) is 6.27. The van der Waals surface area contributed by atoms with Crippen molar-refractivity contribution in [1.29, 1.82) is 0 Å². The first-order valence-electron chi connectivity index (χ1n) is 10.2. The lowest BCUT2D eigenvalue weighted by molar-refractivity contribution is -0.440. The summed E-state index contributed by atoms with van der Waals surface area (Å²) in [5.74, 6) is -43.4. The van der Waals surface area contributed by atoms with Crippen molar-refractivity contribution in [3.63, 3.8) is 0 Å². The molecule has 1 rings (SSSR count). The van der Waals surface area contributed by atoms with Gasteiger partial charge in [-0.15, -0.1) is 0 Å². The molecule has 0 amide bonds. The molecule has 0 spiro atoms. The van der Waals surface area contributed by atoms with Crippen LogP contribution in [0.3, 0.4) is 0 Å². The molecule has 0 saturated heterocycles. The number of alkyl halides is 13. The molecular formula is C19H21F13O4. The van der Waals surface area contributed by atoms with Gasteiger partial charge in [-0.3, -0.25) is 9.59 Å². The standard InChI is InChI=1S/C19H21F13O4/c1-4-35-11(33)13(12(34)36-5-2)6-9(3)10(7-13)8-14(20,21)15(22,23)16(24,25)17(26,27)18(28,29)19(30,31)32/h9-10H,4-8H2,1-3H3/t9-,10+/m1/s1. The maximum Gasteiger partial charge on any atom is 0.460 e. The highest BCUT2D eigenvalue weighted by Crippen LogP contribution is 2.62. The topological polar surface area (TPSA) is 52.6 Å². The van der Waals surface area contributed by atoms with E-state index in [-0.39, 0.29) is 13.2 Å². The Kier molecular flexibility index (Phi) is 8.66. The van der Waals surface area contributed by atoms with Crippen LogP contribution < -0.4 is 0 Å². The Morgan fingerprint density at radius 1 is 0.694 bits per heavy atom. The molecule has 1 fully saturated rings. The molecule has 0 unspecified atom stereocenters. The zero-order chi connectivity index (χ0) is 28.8. The van der Waals surface area contributed by atoms with Gasteiger partial charge in [-0.2, -0.15) is 57.1 Å². The highest BCUT2D eigenvalue weighted by molar-refractivity contribution is 6.00. The lowest BCUT2D eigenvalue weighted by Gasteiger charge is -2.40. The molecule has 36 heavy (non-hydrogen) atoms. The number of rotatable bonds is 10. The number of ether oxygens (including phenoxy) is 2. The number of carbonyl (C=O) groups is 2. The molecule has 2 atom stereocenters. The Morgan fingerprint density at radius 3 is 1.44 bits per heavy atom. The summed E-state index contributed by atoms with van der Waals surface area (Å²) in [7, 11) is 0. The van der Waals surface area contributed by atoms with Crippen LogP contribution in [-0.2, 0) is 19.1 Å². The van der Waals surface area contributed by atoms with Crippen LogP contribution in [0, 0.1) is 17.3 Å². The Labute approximate surface area is 195 Å². The summed E-state index contributed by atoms with van der Waals surface area (Å²) in [6.07, 6.45) is -11.7. The zero-order valence-electron chi connectivity index (χ0n) is 18.7. The van der Waals surface area contributed by atoms with Crippen molar-refractivity contribution in [2.45, 2.75) is 75.8 Å². The minimum Gasteiger partial charge on any atom is -0.465 e. The largest absolute Gasteiger partial charge is 0.465 e. The predicted molar refractivity (Wildman–Crippen MR) is 93.0 cm³/mol. The summed E-state index contributed by atoms with van der Waals surface area (Å²) >= 11 is 0. The van der Waals surface area contributed by atoms with E-state index in [0.717, 1.165) is 6.92 Å². The van der Waals surface area contributed by atoms with Crippen LogP contribution in [0.25, 0.3) is 0 Å². The number of hydrogen-bond acceptors (Lipinski definition) is 4. The Balaban J connectivity index is 3.42. The monoisotopic (exact) mass is 560 g/mol. The molecule has 212 valence electrons. The SMILES string of the molecule is CCOC(=O)C1(C(=O)OCC)C[C@@H](CC(F)(F)C(F)(F)C(F)(F)C(F)(F)C(F)(F)C(F)(F)F)[C@H](C)C1. The molecule has 0 aromatic carbocycles. The summed E-state index contributed by atoms with van der Waals surface area (Å²) in [5, 5.41) is 0. The van der Waals surface area contributed by atoms with Gasteiger partial charge in [0.15, 0.2) is 5.41 Å². The first kappa shape index (κ1) is 32.1. The van der Waals surface area contributed by atoms with Crippen LogP contribution in [0.1, 0.15) is 40.0 Å². The quantitative estimate of drug-likeness (QED) is 0.180. The van der Waals surface area contributed by atoms with Gasteiger partial charge >= 0.3 is 47.7 Å². The van der Waals surface area contributed by atoms with Gasteiger partial charge in [0, 0.05) is 6.42 Å². The van der Waals surface area contributed by atoms with Gasteiger partial charge in [-0.1, -0.05) is 6.92 Å². The van der Waals surface area contributed by atoms with Crippen LogP contribution in [0.15, 0.2) is 0 Å². The van der Waals surface area contributed by atoms with E-state index in [1.807, 2.05) is 0 Å². The van der Waals surface area contributed by atoms with Gasteiger partial charge < -0.3 is 9.47 Å². The van der Waals surface area contributed by atoms with Crippen molar-refractivity contribution < 1.29 is 76.1 Å². The third-order valence-corrected chi connectivity index (χ3v) is 5.94. The Morgan fingerprint density at radius 2 is 1.08 bits per heavy atom. The third kappa shape index (κ3) is 4.82. The lowest BCUT2D eigenvalue weighted by Crippen LogP contribution is -2.70. The fourth-order valence-electron chi connectivity index (χ4n) is 3.94. The average Bonchev–Trinajstić information content (AvgIpc) is 3.03. The highest BCUT2D eigenvalue weighted by atomic mass is 19.4. The van der Waals surface area contributed by atoms with Gasteiger partial charge in [-0.25, -0.2) is 0 Å². The van der Waals surface area contributed by atoms with Crippen LogP contribution in [0.4, 0.5) is 57.1 Å². The van der Waals surface area contributed by atoms with Gasteiger partial charge in [0.25, 0.3) is 0 Å². The number of hydrogen-bond donors (Lipinski definition) is 0. The normalized spacial score (nSPS) is 21.9. The molecule has 0 bridgehead atoms. The molecule has 0 aromatic heterocycles. The Hall–Kier alpha value is -1.97. The summed E-state index contributed by atoms with van der Waals surface area (Å²) in [5.41, 5.74) is -2.36. The van der Waals surface area contributed by atoms with Crippen LogP contribution in [-0.4, -0.2) is 60.9 Å². The van der Waals surface area contributed by atoms with Crippen LogP contribution in [0.2, 0.25) is 0 Å². The van der Waals surface area contributed by atoms with Crippen molar-refractivity contribution in [3.05, 3.63) is 0 Å². The summed E-state index contributed by atoms with van der Waals surface area (Å²) < 4.78 is 183. The molecule has 1 aliphatic rings. The second-order valence-electron chi connectivity index (χ2n) is 8.37. The fraction of sp³-hybridized carbons (Fsp3) is 0.895. The number of esters is 2. The minimum absolute atomic E-state index is 0.345. The first-order valence-corrected chi connectivity index (χ1v) is 10.2. The van der Waals surface area contributed by atoms with E-state index >= 15 is 0 Å². The lowest BCUT2D eigenvalue weighted by atomic mass is 9.83. The van der Waals surface area contributed by atoms with E-state index in [4.69, 9.17) is 0 Å². The summed E-state index contributed by atoms with van der Waals surface area (Å²) in [6, 6.07) is 0. The molecule has 0 aliphatic heterocycles. The molecule has 0 heterocycles. The molecule has 1 aliphatic carbocycles. The second-order valence-corrected chi connectivity index (χ2v) is 8.37. The molecule has 4 nitrogen and oxygen atoms in total. The second kappa shape index (κ2) is 9.72. The van der Waals surface area contributed by atoms with Gasteiger partial charge in [-0.05, 0) is 38.5 Å². The van der Waals surface area contributed by atoms with E-state index < -0.39 is 84.2 Å². The third-order valence-electron chi connectivity index (χ3n) is 5.94. The smallest absolute Gasteiger partial charge is 0.460 e. The van der Waals surface area contributed by atoms with Crippen LogP contribution >= 0.6 is 0 Å². The van der Waals surface area contributed by atoms with Gasteiger partial charge in [0.1, 0.15) is 0 Å². The fourth-order valence-corrected chi connectivity index (χ4v) is 3.94. The zero-order valence-corrected chi connectivity index (χ0v) is 18.7. The van der Waals surface area contributed by atoms with E-state index in [9.17, 15) is 66.7 Å². The van der Waals surface area contributed by atoms with Crippen molar-refractivity contribution in [1.82, 2.24) is 0 Å². The molecule has 0 N–H and O–H groups in total. The summed E-state index contributed by atoms with van der Waals surface area (Å²) in [6.45, 7) is 2.87. The van der Waals surface area contributed by atoms with E-state index in [1.165, 1.54) is 13.8 Å². The van der Waals surface area contributed by atoms with Crippen molar-refractivity contribution in [2.75, 3.05) is 13.2 Å². The maximum absolute atomic E-state index is 14.4. The minimum atomic E-state index is -7.99. The van der Waals surface area contributed by atoms with E-state index in [1.54, 1.807) is 0 Å². The molecule has 0 aromatic rings. The maximum atomic E-state index is 14.4. The van der Waals surface area contributed by atoms with E-state index in [2.05, 4.69) is 9.47 Å². The average molecular weight is 560 g/mol. The highest BCUT2D eigenvalue weighted by Gasteiger charge is 2.90. The van der Waals surface area contributed by atoms with Gasteiger partial charge in [0.2, 0.25) is 0 Å². The number of carbonyl (C=O) groups excluding carboxylic acids is 2. The van der Waals surface area contributed by atoms with Crippen LogP contribution in [0.5, 0.6) is 0 Å². The molecule has 0 radical (unpaired) electrons. The summed E-state index contributed by atoms with van der Waals surface area (Å²) in [4.78, 5) is 24.7. The van der Waals surface area contributed by atoms with Crippen molar-refractivity contribution in [2.24, 2.45) is 17.3 Å². The molecule has 17 heteroatoms. The van der Waals surface area contributed by atoms with Crippen molar-refractivity contribution in [3.8, 4) is 0 Å². The van der Waals surface area contributed by atoms with E-state index in [0.29, 0.717) is 0 Å². The first-order chi connectivity index (χ1) is 15.9. The molecular weight excluding hydrogens is 539 g/mol. The Bertz CT molecular complexity index is 805. The van der Waals surface area contributed by atoms with Gasteiger partial charge in [0.05, 0.1) is 13.2 Å². The molecule has 1 saturated carbocycles.